The molecule has 48 heavy (non-hydrogen) atoms. The van der Waals surface area contributed by atoms with Crippen molar-refractivity contribution in [3.05, 3.63) is 23.8 Å². The molecule has 4 N–H and O–H groups in total. The van der Waals surface area contributed by atoms with Gasteiger partial charge in [0.2, 0.25) is 11.8 Å². The summed E-state index contributed by atoms with van der Waals surface area (Å²) in [5.74, 6) is 0.426. The molecule has 0 fully saturated rings. The second kappa shape index (κ2) is 31.4. The number of carbonyl (C=O) groups is 2. The van der Waals surface area contributed by atoms with Gasteiger partial charge in [-0.2, -0.15) is 0 Å². The van der Waals surface area contributed by atoms with Crippen LogP contribution in [0.2, 0.25) is 0 Å². The summed E-state index contributed by atoms with van der Waals surface area (Å²) < 4.78 is 0. The number of unbranched alkanes of at least 4 members (excludes halogenated alkanes) is 28. The Hall–Kier alpha value is -1.58. The van der Waals surface area contributed by atoms with Crippen LogP contribution in [0.25, 0.3) is 0 Å². The zero-order valence-electron chi connectivity index (χ0n) is 32.3. The van der Waals surface area contributed by atoms with Crippen LogP contribution in [0.1, 0.15) is 232 Å². The molecule has 0 aliphatic heterocycles. The fourth-order valence-corrected chi connectivity index (χ4v) is 8.04. The maximum absolute atomic E-state index is 10.8. The fraction of sp³-hybridized carbons (Fsp3) is 0.864. The lowest BCUT2D eigenvalue weighted by molar-refractivity contribution is -0.119. The molecular weight excluding hydrogens is 588 g/mol. The normalized spacial score (nSPS) is 17.5. The smallest absolute Gasteiger partial charge is 0.217 e. The van der Waals surface area contributed by atoms with E-state index in [4.69, 9.17) is 11.5 Å². The molecule has 0 radical (unpaired) electrons. The van der Waals surface area contributed by atoms with Crippen molar-refractivity contribution in [2.75, 3.05) is 0 Å². The van der Waals surface area contributed by atoms with Crippen molar-refractivity contribution in [1.82, 2.24) is 0 Å². The monoisotopic (exact) mass is 671 g/mol. The third-order valence-electron chi connectivity index (χ3n) is 11.2. The highest BCUT2D eigenvalue weighted by atomic mass is 16.1. The second-order valence-electron chi connectivity index (χ2n) is 15.9. The highest BCUT2D eigenvalue weighted by Gasteiger charge is 2.33. The number of rotatable bonds is 36. The number of amides is 2. The van der Waals surface area contributed by atoms with Crippen LogP contribution in [0.15, 0.2) is 23.8 Å². The SMILES string of the molecule is CC1=CC=CC(C)(CCCCCCCCCCCCCCCCCC(N)=O)C1CCCCCCCCCCCCCCCCCC(N)=O. The van der Waals surface area contributed by atoms with Crippen LogP contribution in [0.3, 0.4) is 0 Å². The predicted molar refractivity (Wildman–Crippen MR) is 210 cm³/mol. The molecule has 1 rings (SSSR count). The number of allylic oxidation sites excluding steroid dienone is 4. The van der Waals surface area contributed by atoms with Gasteiger partial charge in [0.15, 0.2) is 0 Å². The van der Waals surface area contributed by atoms with Gasteiger partial charge in [0.25, 0.3) is 0 Å². The molecule has 1 aliphatic rings. The lowest BCUT2D eigenvalue weighted by Gasteiger charge is -2.39. The third-order valence-corrected chi connectivity index (χ3v) is 11.2. The Morgan fingerprint density at radius 1 is 0.500 bits per heavy atom. The van der Waals surface area contributed by atoms with E-state index >= 15 is 0 Å². The summed E-state index contributed by atoms with van der Waals surface area (Å²) in [7, 11) is 0. The van der Waals surface area contributed by atoms with E-state index in [-0.39, 0.29) is 11.8 Å². The Labute approximate surface area is 299 Å². The Balaban J connectivity index is 1.96. The summed E-state index contributed by atoms with van der Waals surface area (Å²) in [4.78, 5) is 21.5. The predicted octanol–water partition coefficient (Wildman–Crippen LogP) is 13.4. The van der Waals surface area contributed by atoms with E-state index in [2.05, 4.69) is 32.1 Å². The maximum Gasteiger partial charge on any atom is 0.217 e. The van der Waals surface area contributed by atoms with Crippen molar-refractivity contribution in [3.8, 4) is 0 Å². The Morgan fingerprint density at radius 3 is 1.12 bits per heavy atom. The van der Waals surface area contributed by atoms with Crippen LogP contribution in [0.5, 0.6) is 0 Å². The Kier molecular flexibility index (Phi) is 29.1. The molecule has 0 aromatic rings. The molecule has 0 aromatic carbocycles. The van der Waals surface area contributed by atoms with Crippen LogP contribution in [0, 0.1) is 11.3 Å². The minimum absolute atomic E-state index is 0.155. The van der Waals surface area contributed by atoms with Crippen molar-refractivity contribution in [1.29, 1.82) is 0 Å². The lowest BCUT2D eigenvalue weighted by Crippen LogP contribution is -2.28. The number of hydrogen-bond acceptors (Lipinski definition) is 2. The Morgan fingerprint density at radius 2 is 0.792 bits per heavy atom. The van der Waals surface area contributed by atoms with E-state index < -0.39 is 0 Å². The molecule has 280 valence electrons. The quantitative estimate of drug-likeness (QED) is 0.0650. The summed E-state index contributed by atoms with van der Waals surface area (Å²) in [6.45, 7) is 4.93. The number of carbonyl (C=O) groups excluding carboxylic acids is 2. The van der Waals surface area contributed by atoms with Gasteiger partial charge >= 0.3 is 0 Å². The molecule has 2 atom stereocenters. The highest BCUT2D eigenvalue weighted by Crippen LogP contribution is 2.44. The van der Waals surface area contributed by atoms with Crippen LogP contribution in [-0.2, 0) is 9.59 Å². The Bertz CT molecular complexity index is 834. The molecule has 2 amide bonds. The average molecular weight is 671 g/mol. The molecule has 0 saturated heterocycles. The van der Waals surface area contributed by atoms with Gasteiger partial charge in [0.1, 0.15) is 0 Å². The molecule has 0 bridgehead atoms. The van der Waals surface area contributed by atoms with Crippen LogP contribution < -0.4 is 11.5 Å². The van der Waals surface area contributed by atoms with Crippen LogP contribution >= 0.6 is 0 Å². The van der Waals surface area contributed by atoms with E-state index in [1.165, 1.54) is 180 Å². The molecule has 4 nitrogen and oxygen atoms in total. The standard InChI is InChI=1S/C44H82N2O2/c1-40-34-33-39-44(2,38-32-28-24-20-16-12-8-4-7-11-15-19-23-27-31-37-43(46)48)41(40)35-29-25-21-17-13-9-5-3-6-10-14-18-22-26-30-36-42(45)47/h33-34,39,41H,3-32,35-38H2,1-2H3,(H2,45,47)(H2,46,48). The molecular formula is C44H82N2O2. The topological polar surface area (TPSA) is 86.2 Å². The van der Waals surface area contributed by atoms with Crippen molar-refractivity contribution < 1.29 is 9.59 Å². The van der Waals surface area contributed by atoms with Gasteiger partial charge in [-0.1, -0.05) is 211 Å². The molecule has 0 saturated carbocycles. The van der Waals surface area contributed by atoms with E-state index in [0.717, 1.165) is 31.6 Å². The van der Waals surface area contributed by atoms with Gasteiger partial charge in [-0.05, 0) is 43.9 Å². The first-order valence-electron chi connectivity index (χ1n) is 21.3. The van der Waals surface area contributed by atoms with Gasteiger partial charge < -0.3 is 11.5 Å². The highest BCUT2D eigenvalue weighted by molar-refractivity contribution is 5.73. The van der Waals surface area contributed by atoms with E-state index in [0.29, 0.717) is 18.3 Å². The van der Waals surface area contributed by atoms with Gasteiger partial charge in [-0.15, -0.1) is 0 Å². The summed E-state index contributed by atoms with van der Waals surface area (Å²) >= 11 is 0. The van der Waals surface area contributed by atoms with Crippen LogP contribution in [0.4, 0.5) is 0 Å². The van der Waals surface area contributed by atoms with Crippen molar-refractivity contribution >= 4 is 11.8 Å². The minimum atomic E-state index is -0.155. The zero-order chi connectivity index (χ0) is 35.0. The van der Waals surface area contributed by atoms with Gasteiger partial charge in [0, 0.05) is 12.8 Å². The molecule has 0 spiro atoms. The number of primary amides is 2. The molecule has 2 unspecified atom stereocenters. The summed E-state index contributed by atoms with van der Waals surface area (Å²) in [5.41, 5.74) is 12.4. The second-order valence-corrected chi connectivity index (χ2v) is 15.9. The van der Waals surface area contributed by atoms with Gasteiger partial charge in [0.05, 0.1) is 0 Å². The molecule has 0 aromatic heterocycles. The first-order chi connectivity index (χ1) is 23.3. The fourth-order valence-electron chi connectivity index (χ4n) is 8.04. The third kappa shape index (κ3) is 26.3. The lowest BCUT2D eigenvalue weighted by atomic mass is 9.66. The maximum atomic E-state index is 10.8. The average Bonchev–Trinajstić information content (AvgIpc) is 3.05. The first-order valence-corrected chi connectivity index (χ1v) is 21.3. The number of hydrogen-bond donors (Lipinski definition) is 2. The van der Waals surface area contributed by atoms with Crippen LogP contribution in [-0.4, -0.2) is 11.8 Å². The summed E-state index contributed by atoms with van der Waals surface area (Å²) in [6.07, 6.45) is 51.3. The largest absolute Gasteiger partial charge is 0.370 e. The van der Waals surface area contributed by atoms with Crippen molar-refractivity contribution in [2.45, 2.75) is 232 Å². The first kappa shape index (κ1) is 44.4. The molecule has 4 heteroatoms. The van der Waals surface area contributed by atoms with Gasteiger partial charge in [-0.3, -0.25) is 9.59 Å². The van der Waals surface area contributed by atoms with Crippen molar-refractivity contribution in [3.63, 3.8) is 0 Å². The van der Waals surface area contributed by atoms with E-state index in [9.17, 15) is 9.59 Å². The molecule has 0 heterocycles. The summed E-state index contributed by atoms with van der Waals surface area (Å²) in [5, 5.41) is 0. The molecule has 1 aliphatic carbocycles. The number of nitrogens with two attached hydrogens (primary N) is 2. The van der Waals surface area contributed by atoms with E-state index in [1.54, 1.807) is 5.57 Å². The van der Waals surface area contributed by atoms with Gasteiger partial charge in [-0.25, -0.2) is 0 Å². The minimum Gasteiger partial charge on any atom is -0.370 e. The van der Waals surface area contributed by atoms with Crippen molar-refractivity contribution in [2.24, 2.45) is 22.8 Å². The van der Waals surface area contributed by atoms with E-state index in [1.807, 2.05) is 0 Å². The summed E-state index contributed by atoms with van der Waals surface area (Å²) in [6, 6.07) is 0. The zero-order valence-corrected chi connectivity index (χ0v) is 32.3.